The number of morpholine rings is 1. The first-order valence-corrected chi connectivity index (χ1v) is 6.59. The summed E-state index contributed by atoms with van der Waals surface area (Å²) in [5, 5.41) is 12.6. The van der Waals surface area contributed by atoms with Gasteiger partial charge in [-0.3, -0.25) is 5.32 Å². The van der Waals surface area contributed by atoms with Gasteiger partial charge in [0.15, 0.2) is 0 Å². The third kappa shape index (κ3) is 2.47. The number of nitrogens with zero attached hydrogens (tertiary/aromatic N) is 2. The maximum absolute atomic E-state index is 12.0. The van der Waals surface area contributed by atoms with Gasteiger partial charge in [0.2, 0.25) is 0 Å². The van der Waals surface area contributed by atoms with E-state index in [2.05, 4.69) is 11.4 Å². The fraction of sp³-hybridized carbons (Fsp3) is 0.500. The van der Waals surface area contributed by atoms with E-state index in [9.17, 15) is 4.79 Å². The van der Waals surface area contributed by atoms with Crippen LogP contribution in [-0.2, 0) is 4.74 Å². The van der Waals surface area contributed by atoms with Crippen LogP contribution < -0.4 is 5.32 Å². The van der Waals surface area contributed by atoms with E-state index in [-0.39, 0.29) is 6.03 Å². The molecule has 1 aromatic heterocycles. The Balaban J connectivity index is 2.11. The van der Waals surface area contributed by atoms with Crippen molar-refractivity contribution in [3.63, 3.8) is 0 Å². The van der Waals surface area contributed by atoms with Crippen molar-refractivity contribution in [2.45, 2.75) is 13.8 Å². The fourth-order valence-electron chi connectivity index (χ4n) is 1.79. The molecule has 1 fully saturated rings. The highest BCUT2D eigenvalue weighted by atomic mass is 32.1. The Labute approximate surface area is 110 Å². The largest absolute Gasteiger partial charge is 0.378 e. The van der Waals surface area contributed by atoms with Crippen LogP contribution >= 0.6 is 11.3 Å². The van der Waals surface area contributed by atoms with Crippen molar-refractivity contribution in [2.75, 3.05) is 31.6 Å². The van der Waals surface area contributed by atoms with Crippen molar-refractivity contribution in [1.82, 2.24) is 4.90 Å². The summed E-state index contributed by atoms with van der Waals surface area (Å²) in [5.41, 5.74) is 1.51. The second kappa shape index (κ2) is 5.38. The van der Waals surface area contributed by atoms with Gasteiger partial charge in [-0.05, 0) is 19.4 Å². The topological polar surface area (TPSA) is 65.4 Å². The molecule has 0 bridgehead atoms. The van der Waals surface area contributed by atoms with Gasteiger partial charge in [0.25, 0.3) is 0 Å². The monoisotopic (exact) mass is 265 g/mol. The molecule has 0 saturated carbocycles. The number of anilines is 1. The van der Waals surface area contributed by atoms with Gasteiger partial charge in [0.05, 0.1) is 18.8 Å². The number of carbonyl (C=O) groups is 1. The first-order chi connectivity index (χ1) is 8.63. The summed E-state index contributed by atoms with van der Waals surface area (Å²) < 4.78 is 5.20. The predicted molar refractivity (Wildman–Crippen MR) is 69.9 cm³/mol. The van der Waals surface area contributed by atoms with Gasteiger partial charge in [-0.15, -0.1) is 11.3 Å². The Hall–Kier alpha value is -1.58. The summed E-state index contributed by atoms with van der Waals surface area (Å²) in [7, 11) is 0. The SMILES string of the molecule is Cc1sc(NC(=O)N2CCOCC2)c(C#N)c1C. The van der Waals surface area contributed by atoms with Crippen LogP contribution in [0, 0.1) is 25.2 Å². The number of amides is 2. The van der Waals surface area contributed by atoms with Crippen LogP contribution in [-0.4, -0.2) is 37.2 Å². The van der Waals surface area contributed by atoms with E-state index in [0.717, 1.165) is 10.4 Å². The van der Waals surface area contributed by atoms with Crippen LogP contribution in [0.2, 0.25) is 0 Å². The fourth-order valence-corrected chi connectivity index (χ4v) is 2.79. The van der Waals surface area contributed by atoms with Crippen molar-refractivity contribution >= 4 is 22.4 Å². The molecule has 0 unspecified atom stereocenters. The molecule has 0 aromatic carbocycles. The average Bonchev–Trinajstić information content (AvgIpc) is 2.65. The van der Waals surface area contributed by atoms with Crippen LogP contribution in [0.4, 0.5) is 9.80 Å². The highest BCUT2D eigenvalue weighted by Crippen LogP contribution is 2.31. The smallest absolute Gasteiger partial charge is 0.322 e. The third-order valence-electron chi connectivity index (χ3n) is 3.02. The minimum atomic E-state index is -0.156. The van der Waals surface area contributed by atoms with E-state index in [1.54, 1.807) is 4.90 Å². The van der Waals surface area contributed by atoms with Crippen LogP contribution in [0.15, 0.2) is 0 Å². The molecule has 0 radical (unpaired) electrons. The van der Waals surface area contributed by atoms with Gasteiger partial charge in [-0.25, -0.2) is 4.79 Å². The zero-order chi connectivity index (χ0) is 13.1. The zero-order valence-corrected chi connectivity index (χ0v) is 11.3. The van der Waals surface area contributed by atoms with E-state index in [1.165, 1.54) is 11.3 Å². The number of ether oxygens (including phenoxy) is 1. The number of aryl methyl sites for hydroxylation is 1. The van der Waals surface area contributed by atoms with Gasteiger partial charge in [-0.1, -0.05) is 0 Å². The second-order valence-electron chi connectivity index (χ2n) is 4.13. The summed E-state index contributed by atoms with van der Waals surface area (Å²) in [4.78, 5) is 14.8. The highest BCUT2D eigenvalue weighted by molar-refractivity contribution is 7.16. The lowest BCUT2D eigenvalue weighted by atomic mass is 10.2. The van der Waals surface area contributed by atoms with Gasteiger partial charge < -0.3 is 9.64 Å². The van der Waals surface area contributed by atoms with E-state index in [0.29, 0.717) is 36.9 Å². The molecule has 18 heavy (non-hydrogen) atoms. The minimum absolute atomic E-state index is 0.156. The Bertz CT molecular complexity index is 498. The Kier molecular flexibility index (Phi) is 3.84. The number of urea groups is 1. The number of rotatable bonds is 1. The third-order valence-corrected chi connectivity index (χ3v) is 4.14. The molecule has 1 aliphatic rings. The predicted octanol–water partition coefficient (Wildman–Crippen LogP) is 2.10. The highest BCUT2D eigenvalue weighted by Gasteiger charge is 2.20. The van der Waals surface area contributed by atoms with E-state index in [4.69, 9.17) is 10.00 Å². The number of nitrogens with one attached hydrogen (secondary N) is 1. The molecule has 0 spiro atoms. The Morgan fingerprint density at radius 1 is 1.44 bits per heavy atom. The maximum atomic E-state index is 12.0. The molecule has 0 atom stereocenters. The zero-order valence-electron chi connectivity index (χ0n) is 10.4. The van der Waals surface area contributed by atoms with Gasteiger partial charge in [0, 0.05) is 18.0 Å². The number of carbonyl (C=O) groups excluding carboxylic acids is 1. The van der Waals surface area contributed by atoms with Crippen LogP contribution in [0.25, 0.3) is 0 Å². The first-order valence-electron chi connectivity index (χ1n) is 5.77. The lowest BCUT2D eigenvalue weighted by Gasteiger charge is -2.26. The van der Waals surface area contributed by atoms with Crippen molar-refractivity contribution in [2.24, 2.45) is 0 Å². The van der Waals surface area contributed by atoms with Crippen molar-refractivity contribution in [3.8, 4) is 6.07 Å². The van der Waals surface area contributed by atoms with Gasteiger partial charge >= 0.3 is 6.03 Å². The summed E-state index contributed by atoms with van der Waals surface area (Å²) >= 11 is 1.45. The number of hydrogen-bond donors (Lipinski definition) is 1. The normalized spacial score (nSPS) is 15.3. The first kappa shape index (κ1) is 12.9. The quantitative estimate of drug-likeness (QED) is 0.845. The molecule has 96 valence electrons. The van der Waals surface area contributed by atoms with E-state index >= 15 is 0 Å². The van der Waals surface area contributed by atoms with Gasteiger partial charge in [0.1, 0.15) is 11.1 Å². The molecule has 1 saturated heterocycles. The minimum Gasteiger partial charge on any atom is -0.378 e. The molecule has 0 aliphatic carbocycles. The standard InChI is InChI=1S/C12H15N3O2S/c1-8-9(2)18-11(10(8)7-13)14-12(16)15-3-5-17-6-4-15/h3-6H2,1-2H3,(H,14,16). The molecule has 5 nitrogen and oxygen atoms in total. The van der Waals surface area contributed by atoms with Crippen LogP contribution in [0.5, 0.6) is 0 Å². The van der Waals surface area contributed by atoms with Crippen molar-refractivity contribution < 1.29 is 9.53 Å². The molecule has 6 heteroatoms. The summed E-state index contributed by atoms with van der Waals surface area (Å²) in [6.07, 6.45) is 0. The van der Waals surface area contributed by atoms with E-state index in [1.807, 2.05) is 13.8 Å². The van der Waals surface area contributed by atoms with Crippen LogP contribution in [0.1, 0.15) is 16.0 Å². The molecule has 2 heterocycles. The van der Waals surface area contributed by atoms with E-state index < -0.39 is 0 Å². The molecular weight excluding hydrogens is 250 g/mol. The summed E-state index contributed by atoms with van der Waals surface area (Å²) in [6.45, 7) is 6.18. The molecule has 1 aromatic rings. The Morgan fingerprint density at radius 3 is 2.72 bits per heavy atom. The van der Waals surface area contributed by atoms with Crippen molar-refractivity contribution in [3.05, 3.63) is 16.0 Å². The molecule has 2 rings (SSSR count). The number of hydrogen-bond acceptors (Lipinski definition) is 4. The average molecular weight is 265 g/mol. The Morgan fingerprint density at radius 2 is 2.11 bits per heavy atom. The number of thiophene rings is 1. The van der Waals surface area contributed by atoms with Crippen LogP contribution in [0.3, 0.4) is 0 Å². The number of nitriles is 1. The molecule has 2 amide bonds. The maximum Gasteiger partial charge on any atom is 0.322 e. The second-order valence-corrected chi connectivity index (χ2v) is 5.35. The summed E-state index contributed by atoms with van der Waals surface area (Å²) in [5.74, 6) is 0. The summed E-state index contributed by atoms with van der Waals surface area (Å²) in [6, 6.07) is 1.99. The lowest BCUT2D eigenvalue weighted by Crippen LogP contribution is -2.43. The van der Waals surface area contributed by atoms with Gasteiger partial charge in [-0.2, -0.15) is 5.26 Å². The van der Waals surface area contributed by atoms with Crippen molar-refractivity contribution in [1.29, 1.82) is 5.26 Å². The molecule has 1 N–H and O–H groups in total. The molecule has 1 aliphatic heterocycles. The lowest BCUT2D eigenvalue weighted by molar-refractivity contribution is 0.0565. The molecular formula is C12H15N3O2S.